The van der Waals surface area contributed by atoms with Crippen LogP contribution in [0.2, 0.25) is 5.15 Å². The van der Waals surface area contributed by atoms with Gasteiger partial charge in [-0.3, -0.25) is 0 Å². The summed E-state index contributed by atoms with van der Waals surface area (Å²) < 4.78 is 53.2. The molecule has 0 aliphatic heterocycles. The first-order valence-electron chi connectivity index (χ1n) is 5.42. The second-order valence-corrected chi connectivity index (χ2v) is 4.42. The Labute approximate surface area is 116 Å². The van der Waals surface area contributed by atoms with Crippen LogP contribution < -0.4 is 5.32 Å². The van der Waals surface area contributed by atoms with Crippen molar-refractivity contribution in [2.45, 2.75) is 13.8 Å². The first-order valence-corrected chi connectivity index (χ1v) is 5.80. The van der Waals surface area contributed by atoms with E-state index in [1.807, 2.05) is 0 Å². The lowest BCUT2D eigenvalue weighted by Gasteiger charge is -2.12. The van der Waals surface area contributed by atoms with E-state index in [-0.39, 0.29) is 17.0 Å². The van der Waals surface area contributed by atoms with Gasteiger partial charge in [0.25, 0.3) is 0 Å². The third-order valence-electron chi connectivity index (χ3n) is 2.82. The summed E-state index contributed by atoms with van der Waals surface area (Å²) >= 11 is 5.73. The molecule has 0 spiro atoms. The van der Waals surface area contributed by atoms with Crippen molar-refractivity contribution in [2.75, 3.05) is 5.32 Å². The fourth-order valence-corrected chi connectivity index (χ4v) is 1.68. The summed E-state index contributed by atoms with van der Waals surface area (Å²) in [5, 5.41) is 9.49. The highest BCUT2D eigenvalue weighted by molar-refractivity contribution is 6.30. The zero-order valence-electron chi connectivity index (χ0n) is 10.4. The molecule has 0 unspecified atom stereocenters. The fourth-order valence-electron chi connectivity index (χ4n) is 1.50. The van der Waals surface area contributed by atoms with Crippen LogP contribution in [0.15, 0.2) is 6.07 Å². The molecule has 3 nitrogen and oxygen atoms in total. The molecule has 0 saturated heterocycles. The lowest BCUT2D eigenvalue weighted by molar-refractivity contribution is 0.459. The van der Waals surface area contributed by atoms with Crippen LogP contribution in [0.3, 0.4) is 0 Å². The number of nitrogens with zero attached hydrogens (tertiary/aromatic N) is 2. The molecule has 8 heteroatoms. The highest BCUT2D eigenvalue weighted by Crippen LogP contribution is 2.29. The van der Waals surface area contributed by atoms with Crippen molar-refractivity contribution in [3.05, 3.63) is 45.6 Å². The topological polar surface area (TPSA) is 37.8 Å². The number of hydrogen-bond donors (Lipinski definition) is 1. The van der Waals surface area contributed by atoms with E-state index in [2.05, 4.69) is 15.5 Å². The number of aromatic nitrogens is 2. The molecule has 1 N–H and O–H groups in total. The second-order valence-electron chi connectivity index (χ2n) is 4.06. The van der Waals surface area contributed by atoms with Gasteiger partial charge < -0.3 is 5.32 Å². The molecule has 0 amide bonds. The van der Waals surface area contributed by atoms with Gasteiger partial charge in [0.1, 0.15) is 5.69 Å². The normalized spacial score (nSPS) is 10.8. The SMILES string of the molecule is Cc1c(Cl)nnc(Nc2c(F)c(F)cc(F)c2F)c1C. The average molecular weight is 306 g/mol. The van der Waals surface area contributed by atoms with E-state index >= 15 is 0 Å². The standard InChI is InChI=1S/C12H8ClF4N3/c1-4-5(2)12(20-19-11(4)13)18-10-8(16)6(14)3-7(15)9(10)17/h3H,1-2H3,(H,18,20). The number of anilines is 2. The average Bonchev–Trinajstić information content (AvgIpc) is 2.41. The zero-order valence-corrected chi connectivity index (χ0v) is 11.1. The van der Waals surface area contributed by atoms with E-state index in [9.17, 15) is 17.6 Å². The number of hydrogen-bond acceptors (Lipinski definition) is 3. The molecule has 106 valence electrons. The van der Waals surface area contributed by atoms with E-state index in [0.29, 0.717) is 11.1 Å². The number of nitrogens with one attached hydrogen (secondary N) is 1. The van der Waals surface area contributed by atoms with Gasteiger partial charge in [-0.25, -0.2) is 17.6 Å². The Morgan fingerprint density at radius 2 is 1.50 bits per heavy atom. The fraction of sp³-hybridized carbons (Fsp3) is 0.167. The van der Waals surface area contributed by atoms with Crippen LogP contribution in [-0.4, -0.2) is 10.2 Å². The van der Waals surface area contributed by atoms with Crippen LogP contribution in [-0.2, 0) is 0 Å². The van der Waals surface area contributed by atoms with Gasteiger partial charge >= 0.3 is 0 Å². The molecule has 0 saturated carbocycles. The first kappa shape index (κ1) is 14.5. The molecule has 1 aromatic carbocycles. The molecule has 1 aromatic heterocycles. The van der Waals surface area contributed by atoms with Crippen LogP contribution >= 0.6 is 11.6 Å². The van der Waals surface area contributed by atoms with Crippen molar-refractivity contribution in [3.63, 3.8) is 0 Å². The molecule has 0 aliphatic carbocycles. The summed E-state index contributed by atoms with van der Waals surface area (Å²) in [4.78, 5) is 0. The first-order chi connectivity index (χ1) is 9.32. The van der Waals surface area contributed by atoms with E-state index in [1.165, 1.54) is 0 Å². The Kier molecular flexibility index (Phi) is 3.80. The van der Waals surface area contributed by atoms with E-state index in [4.69, 9.17) is 11.6 Å². The van der Waals surface area contributed by atoms with Crippen molar-refractivity contribution < 1.29 is 17.6 Å². The Balaban J connectivity index is 2.54. The molecule has 2 aromatic rings. The summed E-state index contributed by atoms with van der Waals surface area (Å²) in [5.74, 6) is -6.16. The molecule has 2 rings (SSSR count). The summed E-state index contributed by atoms with van der Waals surface area (Å²) in [5.41, 5.74) is 0.0111. The quantitative estimate of drug-likeness (QED) is 0.672. The molecular formula is C12H8ClF4N3. The molecule has 0 radical (unpaired) electrons. The monoisotopic (exact) mass is 305 g/mol. The van der Waals surface area contributed by atoms with E-state index < -0.39 is 29.0 Å². The minimum Gasteiger partial charge on any atom is -0.334 e. The van der Waals surface area contributed by atoms with Crippen LogP contribution in [0, 0.1) is 37.1 Å². The summed E-state index contributed by atoms with van der Waals surface area (Å²) in [6.45, 7) is 3.19. The summed E-state index contributed by atoms with van der Waals surface area (Å²) in [6.07, 6.45) is 0. The molecule has 0 aliphatic rings. The zero-order chi connectivity index (χ0) is 15.0. The third-order valence-corrected chi connectivity index (χ3v) is 3.18. The maximum Gasteiger partial charge on any atom is 0.185 e. The maximum absolute atomic E-state index is 13.5. The van der Waals surface area contributed by atoms with Crippen molar-refractivity contribution in [1.82, 2.24) is 10.2 Å². The predicted octanol–water partition coefficient (Wildman–Crippen LogP) is 4.05. The third kappa shape index (κ3) is 2.40. The van der Waals surface area contributed by atoms with Gasteiger partial charge in [0.05, 0.1) is 0 Å². The summed E-state index contributed by atoms with van der Waals surface area (Å²) in [7, 11) is 0. The smallest absolute Gasteiger partial charge is 0.185 e. The lowest BCUT2D eigenvalue weighted by Crippen LogP contribution is -2.07. The molecule has 0 bridgehead atoms. The van der Waals surface area contributed by atoms with E-state index in [0.717, 1.165) is 0 Å². The van der Waals surface area contributed by atoms with Gasteiger partial charge in [-0.05, 0) is 25.0 Å². The largest absolute Gasteiger partial charge is 0.334 e. The number of halogens is 5. The van der Waals surface area contributed by atoms with Crippen molar-refractivity contribution in [2.24, 2.45) is 0 Å². The van der Waals surface area contributed by atoms with Gasteiger partial charge in [0.2, 0.25) is 0 Å². The van der Waals surface area contributed by atoms with Crippen LogP contribution in [0.1, 0.15) is 11.1 Å². The highest BCUT2D eigenvalue weighted by Gasteiger charge is 2.20. The molecule has 0 fully saturated rings. The Bertz CT molecular complexity index is 665. The van der Waals surface area contributed by atoms with Crippen LogP contribution in [0.25, 0.3) is 0 Å². The molecule has 1 heterocycles. The second kappa shape index (κ2) is 5.24. The maximum atomic E-state index is 13.5. The van der Waals surface area contributed by atoms with E-state index in [1.54, 1.807) is 13.8 Å². The van der Waals surface area contributed by atoms with Gasteiger partial charge in [0.15, 0.2) is 34.2 Å². The van der Waals surface area contributed by atoms with Crippen molar-refractivity contribution in [1.29, 1.82) is 0 Å². The molecule has 20 heavy (non-hydrogen) atoms. The highest BCUT2D eigenvalue weighted by atomic mass is 35.5. The Morgan fingerprint density at radius 3 is 2.05 bits per heavy atom. The van der Waals surface area contributed by atoms with Crippen molar-refractivity contribution in [3.8, 4) is 0 Å². The number of rotatable bonds is 2. The Hall–Kier alpha value is -1.89. The predicted molar refractivity (Wildman–Crippen MR) is 66.1 cm³/mol. The van der Waals surface area contributed by atoms with Gasteiger partial charge in [-0.2, -0.15) is 0 Å². The van der Waals surface area contributed by atoms with Gasteiger partial charge in [-0.1, -0.05) is 11.6 Å². The van der Waals surface area contributed by atoms with Crippen molar-refractivity contribution >= 4 is 23.1 Å². The summed E-state index contributed by atoms with van der Waals surface area (Å²) in [6, 6.07) is 0.126. The molecular weight excluding hydrogens is 298 g/mol. The minimum absolute atomic E-state index is 0.0466. The van der Waals surface area contributed by atoms with Gasteiger partial charge in [-0.15, -0.1) is 10.2 Å². The van der Waals surface area contributed by atoms with Gasteiger partial charge in [0, 0.05) is 6.07 Å². The molecule has 0 atom stereocenters. The number of benzene rings is 1. The van der Waals surface area contributed by atoms with Crippen LogP contribution in [0.4, 0.5) is 29.1 Å². The lowest BCUT2D eigenvalue weighted by atomic mass is 10.2. The van der Waals surface area contributed by atoms with Crippen LogP contribution in [0.5, 0.6) is 0 Å². The minimum atomic E-state index is -1.54. The Morgan fingerprint density at radius 1 is 0.950 bits per heavy atom.